The van der Waals surface area contributed by atoms with Crippen molar-refractivity contribution in [3.8, 4) is 5.75 Å². The Hall–Kier alpha value is -2.02. The Labute approximate surface area is 133 Å². The lowest BCUT2D eigenvalue weighted by Crippen LogP contribution is -2.12. The monoisotopic (exact) mass is 292 g/mol. The quantitative estimate of drug-likeness (QED) is 0.704. The fraction of sp³-hybridized carbons (Fsp3) is 0.333. The van der Waals surface area contributed by atoms with Crippen molar-refractivity contribution in [2.24, 2.45) is 5.92 Å². The van der Waals surface area contributed by atoms with Gasteiger partial charge in [-0.1, -0.05) is 61.0 Å². The summed E-state index contributed by atoms with van der Waals surface area (Å²) in [7, 11) is 1.70. The summed E-state index contributed by atoms with van der Waals surface area (Å²) < 4.78 is 5.20. The molecule has 1 nitrogen and oxygen atoms in total. The summed E-state index contributed by atoms with van der Waals surface area (Å²) in [6.45, 7) is 0. The van der Waals surface area contributed by atoms with Crippen molar-refractivity contribution >= 4 is 6.08 Å². The normalized spacial score (nSPS) is 21.9. The van der Waals surface area contributed by atoms with E-state index in [4.69, 9.17) is 4.74 Å². The number of allylic oxidation sites excluding steroid dienone is 1. The maximum Gasteiger partial charge on any atom is 0.118 e. The third-order valence-electron chi connectivity index (χ3n) is 4.66. The first-order valence-electron chi connectivity index (χ1n) is 8.22. The molecular weight excluding hydrogens is 268 g/mol. The second-order valence-corrected chi connectivity index (χ2v) is 6.17. The fourth-order valence-electron chi connectivity index (χ4n) is 3.39. The first kappa shape index (κ1) is 14.9. The SMILES string of the molecule is COc1ccc(/C=C/C2CCCC(c3ccccc3)C2)cc1. The van der Waals surface area contributed by atoms with Gasteiger partial charge in [0.25, 0.3) is 0 Å². The number of hydrogen-bond acceptors (Lipinski definition) is 1. The second kappa shape index (κ2) is 7.31. The predicted octanol–water partition coefficient (Wildman–Crippen LogP) is 5.68. The predicted molar refractivity (Wildman–Crippen MR) is 93.2 cm³/mol. The molecule has 0 aliphatic heterocycles. The fourth-order valence-corrected chi connectivity index (χ4v) is 3.39. The molecule has 0 radical (unpaired) electrons. The first-order chi connectivity index (χ1) is 10.8. The van der Waals surface area contributed by atoms with Gasteiger partial charge in [0.05, 0.1) is 7.11 Å². The van der Waals surface area contributed by atoms with Crippen LogP contribution in [0.5, 0.6) is 5.75 Å². The largest absolute Gasteiger partial charge is 0.497 e. The average molecular weight is 292 g/mol. The zero-order valence-electron chi connectivity index (χ0n) is 13.2. The molecule has 2 atom stereocenters. The highest BCUT2D eigenvalue weighted by Gasteiger charge is 2.21. The summed E-state index contributed by atoms with van der Waals surface area (Å²) in [5.74, 6) is 2.33. The molecule has 1 heteroatoms. The minimum atomic E-state index is 0.695. The summed E-state index contributed by atoms with van der Waals surface area (Å²) in [6, 6.07) is 19.3. The van der Waals surface area contributed by atoms with Gasteiger partial charge in [-0.15, -0.1) is 0 Å². The van der Waals surface area contributed by atoms with Gasteiger partial charge in [0.2, 0.25) is 0 Å². The molecule has 0 bridgehead atoms. The summed E-state index contributed by atoms with van der Waals surface area (Å²) in [6.07, 6.45) is 9.91. The topological polar surface area (TPSA) is 9.23 Å². The van der Waals surface area contributed by atoms with E-state index in [9.17, 15) is 0 Å². The van der Waals surface area contributed by atoms with Crippen molar-refractivity contribution in [1.29, 1.82) is 0 Å². The Bertz CT molecular complexity index is 598. The molecule has 0 spiro atoms. The highest BCUT2D eigenvalue weighted by atomic mass is 16.5. The molecule has 1 fully saturated rings. The zero-order valence-corrected chi connectivity index (χ0v) is 13.2. The highest BCUT2D eigenvalue weighted by molar-refractivity contribution is 5.50. The lowest BCUT2D eigenvalue weighted by molar-refractivity contribution is 0.373. The number of benzene rings is 2. The maximum absolute atomic E-state index is 5.20. The molecule has 2 unspecified atom stereocenters. The first-order valence-corrected chi connectivity index (χ1v) is 8.22. The highest BCUT2D eigenvalue weighted by Crippen LogP contribution is 2.36. The lowest BCUT2D eigenvalue weighted by Gasteiger charge is -2.27. The molecular formula is C21H24O. The van der Waals surface area contributed by atoms with Crippen LogP contribution in [0.25, 0.3) is 6.08 Å². The van der Waals surface area contributed by atoms with Crippen LogP contribution in [-0.4, -0.2) is 7.11 Å². The molecule has 114 valence electrons. The zero-order chi connectivity index (χ0) is 15.2. The summed E-state index contributed by atoms with van der Waals surface area (Å²) in [4.78, 5) is 0. The van der Waals surface area contributed by atoms with Gasteiger partial charge in [0.1, 0.15) is 5.75 Å². The van der Waals surface area contributed by atoms with E-state index in [0.29, 0.717) is 5.92 Å². The minimum absolute atomic E-state index is 0.695. The van der Waals surface area contributed by atoms with Crippen LogP contribution >= 0.6 is 0 Å². The molecule has 2 aromatic carbocycles. The van der Waals surface area contributed by atoms with Gasteiger partial charge in [-0.05, 0) is 54.4 Å². The minimum Gasteiger partial charge on any atom is -0.497 e. The number of methoxy groups -OCH3 is 1. The smallest absolute Gasteiger partial charge is 0.118 e. The Morgan fingerprint density at radius 3 is 2.45 bits per heavy atom. The van der Waals surface area contributed by atoms with Gasteiger partial charge in [-0.25, -0.2) is 0 Å². The molecule has 1 aliphatic rings. The summed E-state index contributed by atoms with van der Waals surface area (Å²) >= 11 is 0. The van der Waals surface area contributed by atoms with Gasteiger partial charge >= 0.3 is 0 Å². The van der Waals surface area contributed by atoms with Crippen molar-refractivity contribution in [3.05, 3.63) is 71.8 Å². The molecule has 22 heavy (non-hydrogen) atoms. The molecule has 0 amide bonds. The maximum atomic E-state index is 5.20. The van der Waals surface area contributed by atoms with Crippen LogP contribution in [0, 0.1) is 5.92 Å². The number of hydrogen-bond donors (Lipinski definition) is 0. The van der Waals surface area contributed by atoms with Crippen molar-refractivity contribution in [2.75, 3.05) is 7.11 Å². The number of ether oxygens (including phenoxy) is 1. The Kier molecular flexibility index (Phi) is 4.95. The Balaban J connectivity index is 1.63. The molecule has 0 saturated heterocycles. The van der Waals surface area contributed by atoms with Crippen molar-refractivity contribution < 1.29 is 4.74 Å². The van der Waals surface area contributed by atoms with Crippen LogP contribution in [-0.2, 0) is 0 Å². The van der Waals surface area contributed by atoms with Gasteiger partial charge in [-0.3, -0.25) is 0 Å². The van der Waals surface area contributed by atoms with Gasteiger partial charge in [-0.2, -0.15) is 0 Å². The van der Waals surface area contributed by atoms with E-state index in [0.717, 1.165) is 11.7 Å². The molecule has 0 heterocycles. The van der Waals surface area contributed by atoms with Crippen LogP contribution in [0.2, 0.25) is 0 Å². The molecule has 1 saturated carbocycles. The van der Waals surface area contributed by atoms with E-state index in [2.05, 4.69) is 54.6 Å². The van der Waals surface area contributed by atoms with Crippen LogP contribution in [0.15, 0.2) is 60.7 Å². The van der Waals surface area contributed by atoms with Crippen molar-refractivity contribution in [3.63, 3.8) is 0 Å². The van der Waals surface area contributed by atoms with E-state index >= 15 is 0 Å². The molecule has 3 rings (SSSR count). The van der Waals surface area contributed by atoms with Crippen LogP contribution in [0.3, 0.4) is 0 Å². The van der Waals surface area contributed by atoms with E-state index in [1.165, 1.54) is 36.8 Å². The lowest BCUT2D eigenvalue weighted by atomic mass is 9.78. The molecule has 0 N–H and O–H groups in total. The third-order valence-corrected chi connectivity index (χ3v) is 4.66. The van der Waals surface area contributed by atoms with Crippen LogP contribution in [0.4, 0.5) is 0 Å². The summed E-state index contributed by atoms with van der Waals surface area (Å²) in [5, 5.41) is 0. The third kappa shape index (κ3) is 3.79. The summed E-state index contributed by atoms with van der Waals surface area (Å²) in [5.41, 5.74) is 2.76. The van der Waals surface area contributed by atoms with E-state index in [1.807, 2.05) is 12.1 Å². The average Bonchev–Trinajstić information content (AvgIpc) is 2.61. The van der Waals surface area contributed by atoms with Crippen molar-refractivity contribution in [1.82, 2.24) is 0 Å². The van der Waals surface area contributed by atoms with E-state index in [1.54, 1.807) is 7.11 Å². The van der Waals surface area contributed by atoms with Gasteiger partial charge in [0.15, 0.2) is 0 Å². The second-order valence-electron chi connectivity index (χ2n) is 6.17. The van der Waals surface area contributed by atoms with Gasteiger partial charge in [0, 0.05) is 0 Å². The molecule has 0 aromatic heterocycles. The Morgan fingerprint density at radius 1 is 0.955 bits per heavy atom. The Morgan fingerprint density at radius 2 is 1.73 bits per heavy atom. The van der Waals surface area contributed by atoms with Gasteiger partial charge < -0.3 is 4.74 Å². The van der Waals surface area contributed by atoms with Crippen molar-refractivity contribution in [2.45, 2.75) is 31.6 Å². The molecule has 2 aromatic rings. The van der Waals surface area contributed by atoms with E-state index in [-0.39, 0.29) is 0 Å². The van der Waals surface area contributed by atoms with E-state index < -0.39 is 0 Å². The van der Waals surface area contributed by atoms with Crippen LogP contribution in [0.1, 0.15) is 42.7 Å². The molecule has 1 aliphatic carbocycles. The van der Waals surface area contributed by atoms with Crippen LogP contribution < -0.4 is 4.74 Å². The standard InChI is InChI=1S/C21H24O/c1-22-21-14-12-17(13-15-21)10-11-18-6-5-9-20(16-18)19-7-3-2-4-8-19/h2-4,7-8,10-15,18,20H,5-6,9,16H2,1H3/b11-10+. The number of rotatable bonds is 4.